The van der Waals surface area contributed by atoms with Crippen LogP contribution in [-0.4, -0.2) is 72.0 Å². The predicted octanol–water partition coefficient (Wildman–Crippen LogP) is 2.13. The maximum atomic E-state index is 13.0. The predicted molar refractivity (Wildman–Crippen MR) is 126 cm³/mol. The van der Waals surface area contributed by atoms with Gasteiger partial charge >= 0.3 is 0 Å². The Hall–Kier alpha value is -1.82. The largest absolute Gasteiger partial charge is 0.379 e. The summed E-state index contributed by atoms with van der Waals surface area (Å²) in [6, 6.07) is 13.4. The van der Waals surface area contributed by atoms with Gasteiger partial charge in [-0.1, -0.05) is 29.8 Å². The van der Waals surface area contributed by atoms with E-state index in [-0.39, 0.29) is 22.4 Å². The number of hydrogen-bond donors (Lipinski definition) is 1. The molecule has 2 aliphatic rings. The van der Waals surface area contributed by atoms with Gasteiger partial charge in [0.15, 0.2) is 0 Å². The molecule has 4 rings (SSSR count). The average molecular weight is 494 g/mol. The van der Waals surface area contributed by atoms with Gasteiger partial charge in [-0.2, -0.15) is 4.31 Å². The van der Waals surface area contributed by atoms with E-state index in [2.05, 4.69) is 15.7 Å². The zero-order chi connectivity index (χ0) is 23.5. The van der Waals surface area contributed by atoms with Gasteiger partial charge in [0, 0.05) is 38.8 Å². The van der Waals surface area contributed by atoms with E-state index in [1.807, 2.05) is 25.1 Å². The zero-order valence-corrected chi connectivity index (χ0v) is 20.4. The number of morpholine rings is 1. The minimum atomic E-state index is -3.81. The van der Waals surface area contributed by atoms with Crippen molar-refractivity contribution in [1.82, 2.24) is 13.9 Å². The van der Waals surface area contributed by atoms with Gasteiger partial charge in [0.05, 0.1) is 23.0 Å². The number of aryl methyl sites for hydroxylation is 1. The molecule has 2 fully saturated rings. The Kier molecular flexibility index (Phi) is 7.52. The standard InChI is InChI=1S/C23H31N3O5S2/c1-19-5-4-6-20(17-19)23(25-13-15-31-16-14-25)18-24-32(27,28)21-7-9-22(10-8-21)33(29,30)26-11-2-3-12-26/h4-10,17,23-24H,2-3,11-16,18H2,1H3. The molecule has 0 amide bonds. The van der Waals surface area contributed by atoms with E-state index >= 15 is 0 Å². The quantitative estimate of drug-likeness (QED) is 0.605. The van der Waals surface area contributed by atoms with Crippen LogP contribution in [0.15, 0.2) is 58.3 Å². The summed E-state index contributed by atoms with van der Waals surface area (Å²) in [5.41, 5.74) is 2.16. The molecule has 8 nitrogen and oxygen atoms in total. The highest BCUT2D eigenvalue weighted by Crippen LogP contribution is 2.24. The van der Waals surface area contributed by atoms with Crippen LogP contribution in [0, 0.1) is 6.92 Å². The van der Waals surface area contributed by atoms with Gasteiger partial charge in [-0.15, -0.1) is 0 Å². The molecule has 1 N–H and O–H groups in total. The van der Waals surface area contributed by atoms with Gasteiger partial charge in [-0.3, -0.25) is 4.90 Å². The third-order valence-corrected chi connectivity index (χ3v) is 9.57. The topological polar surface area (TPSA) is 96.0 Å². The molecule has 2 heterocycles. The van der Waals surface area contributed by atoms with E-state index in [1.165, 1.54) is 28.6 Å². The number of sulfonamides is 2. The van der Waals surface area contributed by atoms with Crippen LogP contribution in [0.4, 0.5) is 0 Å². The molecule has 2 aliphatic heterocycles. The summed E-state index contributed by atoms with van der Waals surface area (Å²) < 4.78 is 61.1. The fraction of sp³-hybridized carbons (Fsp3) is 0.478. The summed E-state index contributed by atoms with van der Waals surface area (Å²) >= 11 is 0. The molecule has 0 aromatic heterocycles. The lowest BCUT2D eigenvalue weighted by Gasteiger charge is -2.35. The Bertz CT molecular complexity index is 1150. The second-order valence-electron chi connectivity index (χ2n) is 8.51. The lowest BCUT2D eigenvalue weighted by atomic mass is 10.0. The molecule has 180 valence electrons. The van der Waals surface area contributed by atoms with E-state index in [4.69, 9.17) is 4.74 Å². The van der Waals surface area contributed by atoms with Crippen LogP contribution in [0.25, 0.3) is 0 Å². The number of ether oxygens (including phenoxy) is 1. The molecule has 0 aliphatic carbocycles. The summed E-state index contributed by atoms with van der Waals surface area (Å²) in [6.07, 6.45) is 1.70. The molecule has 2 saturated heterocycles. The molecular formula is C23H31N3O5S2. The van der Waals surface area contributed by atoms with Crippen molar-refractivity contribution < 1.29 is 21.6 Å². The summed E-state index contributed by atoms with van der Waals surface area (Å²) in [5.74, 6) is 0. The summed E-state index contributed by atoms with van der Waals surface area (Å²) in [4.78, 5) is 2.40. The second kappa shape index (κ2) is 10.2. The van der Waals surface area contributed by atoms with Crippen LogP contribution in [-0.2, 0) is 24.8 Å². The number of nitrogens with zero attached hydrogens (tertiary/aromatic N) is 2. The molecule has 2 aromatic rings. The Morgan fingerprint density at radius 2 is 1.55 bits per heavy atom. The third-order valence-electron chi connectivity index (χ3n) is 6.22. The van der Waals surface area contributed by atoms with Crippen molar-refractivity contribution in [2.75, 3.05) is 45.9 Å². The lowest BCUT2D eigenvalue weighted by molar-refractivity contribution is 0.0172. The first-order chi connectivity index (χ1) is 15.8. The van der Waals surface area contributed by atoms with Crippen molar-refractivity contribution in [3.8, 4) is 0 Å². The molecule has 2 aromatic carbocycles. The van der Waals surface area contributed by atoms with Crippen LogP contribution in [0.2, 0.25) is 0 Å². The van der Waals surface area contributed by atoms with Crippen LogP contribution in [0.1, 0.15) is 30.0 Å². The summed E-state index contributed by atoms with van der Waals surface area (Å²) in [5, 5.41) is 0. The third kappa shape index (κ3) is 5.64. The fourth-order valence-electron chi connectivity index (χ4n) is 4.36. The Labute approximate surface area is 196 Å². The lowest BCUT2D eigenvalue weighted by Crippen LogP contribution is -2.43. The number of benzene rings is 2. The number of nitrogens with one attached hydrogen (secondary N) is 1. The highest BCUT2D eigenvalue weighted by atomic mass is 32.2. The summed E-state index contributed by atoms with van der Waals surface area (Å²) in [6.45, 7) is 5.91. The van der Waals surface area contributed by atoms with Gasteiger partial charge in [0.2, 0.25) is 20.0 Å². The summed E-state index contributed by atoms with van der Waals surface area (Å²) in [7, 11) is -7.39. The second-order valence-corrected chi connectivity index (χ2v) is 12.2. The van der Waals surface area contributed by atoms with Crippen LogP contribution >= 0.6 is 0 Å². The van der Waals surface area contributed by atoms with Crippen LogP contribution in [0.5, 0.6) is 0 Å². The SMILES string of the molecule is Cc1cccc(C(CNS(=O)(=O)c2ccc(S(=O)(=O)N3CCCC3)cc2)N2CCOCC2)c1. The highest BCUT2D eigenvalue weighted by molar-refractivity contribution is 7.89. The van der Waals surface area contributed by atoms with E-state index in [0.717, 1.165) is 37.1 Å². The maximum absolute atomic E-state index is 13.0. The van der Waals surface area contributed by atoms with Crippen molar-refractivity contribution in [1.29, 1.82) is 0 Å². The van der Waals surface area contributed by atoms with Crippen molar-refractivity contribution in [2.24, 2.45) is 0 Å². The monoisotopic (exact) mass is 493 g/mol. The van der Waals surface area contributed by atoms with Gasteiger partial charge in [-0.25, -0.2) is 21.6 Å². The molecule has 1 unspecified atom stereocenters. The molecular weight excluding hydrogens is 462 g/mol. The van der Waals surface area contributed by atoms with Gasteiger partial charge in [0.25, 0.3) is 0 Å². The number of rotatable bonds is 8. The fourth-order valence-corrected chi connectivity index (χ4v) is 6.92. The Morgan fingerprint density at radius 3 is 2.18 bits per heavy atom. The zero-order valence-electron chi connectivity index (χ0n) is 18.8. The van der Waals surface area contributed by atoms with Crippen molar-refractivity contribution in [3.63, 3.8) is 0 Å². The first-order valence-electron chi connectivity index (χ1n) is 11.3. The molecule has 10 heteroatoms. The van der Waals surface area contributed by atoms with Crippen molar-refractivity contribution in [3.05, 3.63) is 59.7 Å². The highest BCUT2D eigenvalue weighted by Gasteiger charge is 2.28. The molecule has 0 saturated carbocycles. The maximum Gasteiger partial charge on any atom is 0.243 e. The first-order valence-corrected chi connectivity index (χ1v) is 14.2. The Balaban J connectivity index is 1.50. The number of hydrogen-bond acceptors (Lipinski definition) is 6. The van der Waals surface area contributed by atoms with Crippen molar-refractivity contribution in [2.45, 2.75) is 35.6 Å². The minimum absolute atomic E-state index is 0.0489. The first kappa shape index (κ1) is 24.3. The molecule has 0 bridgehead atoms. The molecule has 33 heavy (non-hydrogen) atoms. The average Bonchev–Trinajstić information content (AvgIpc) is 3.36. The van der Waals surface area contributed by atoms with E-state index < -0.39 is 20.0 Å². The molecule has 1 atom stereocenters. The van der Waals surface area contributed by atoms with Gasteiger partial charge in [0.1, 0.15) is 0 Å². The minimum Gasteiger partial charge on any atom is -0.379 e. The normalized spacial score (nSPS) is 19.5. The van der Waals surface area contributed by atoms with Gasteiger partial charge < -0.3 is 4.74 Å². The van der Waals surface area contributed by atoms with Crippen LogP contribution in [0.3, 0.4) is 0 Å². The molecule has 0 radical (unpaired) electrons. The van der Waals surface area contributed by atoms with E-state index in [1.54, 1.807) is 0 Å². The van der Waals surface area contributed by atoms with Crippen LogP contribution < -0.4 is 4.72 Å². The Morgan fingerprint density at radius 1 is 0.909 bits per heavy atom. The molecule has 0 spiro atoms. The smallest absolute Gasteiger partial charge is 0.243 e. The van der Waals surface area contributed by atoms with Crippen molar-refractivity contribution >= 4 is 20.0 Å². The van der Waals surface area contributed by atoms with E-state index in [0.29, 0.717) is 26.3 Å². The van der Waals surface area contributed by atoms with E-state index in [9.17, 15) is 16.8 Å². The van der Waals surface area contributed by atoms with Gasteiger partial charge in [-0.05, 0) is 49.6 Å².